The summed E-state index contributed by atoms with van der Waals surface area (Å²) < 4.78 is 37.6. The lowest BCUT2D eigenvalue weighted by Gasteiger charge is -2.18. The van der Waals surface area contributed by atoms with Crippen LogP contribution < -0.4 is 5.32 Å². The standard InChI is InChI=1S/C17H16F3N/c18-17(19,20)15-7-4-12(5-8-15)10-13-3-6-14-2-1-9-21-16(14)11-13/h3-8,11,21H,1-2,9-10H2. The van der Waals surface area contributed by atoms with Gasteiger partial charge in [0.2, 0.25) is 0 Å². The molecule has 0 spiro atoms. The van der Waals surface area contributed by atoms with Gasteiger partial charge in [-0.25, -0.2) is 0 Å². The summed E-state index contributed by atoms with van der Waals surface area (Å²) in [4.78, 5) is 0. The molecule has 0 amide bonds. The summed E-state index contributed by atoms with van der Waals surface area (Å²) in [6.07, 6.45) is -1.39. The molecule has 1 aliphatic rings. The average Bonchev–Trinajstić information content (AvgIpc) is 2.47. The highest BCUT2D eigenvalue weighted by Gasteiger charge is 2.29. The first-order chi connectivity index (χ1) is 10.0. The van der Waals surface area contributed by atoms with Crippen LogP contribution in [0, 0.1) is 0 Å². The summed E-state index contributed by atoms with van der Waals surface area (Å²) in [5, 5.41) is 3.37. The molecule has 110 valence electrons. The number of anilines is 1. The van der Waals surface area contributed by atoms with Crippen molar-refractivity contribution in [3.8, 4) is 0 Å². The highest BCUT2D eigenvalue weighted by Crippen LogP contribution is 2.30. The average molecular weight is 291 g/mol. The minimum absolute atomic E-state index is 0.599. The van der Waals surface area contributed by atoms with E-state index in [1.165, 1.54) is 5.56 Å². The molecule has 0 aromatic heterocycles. The molecule has 1 N–H and O–H groups in total. The third-order valence-corrected chi connectivity index (χ3v) is 3.80. The summed E-state index contributed by atoms with van der Waals surface area (Å²) in [6.45, 7) is 0.983. The summed E-state index contributed by atoms with van der Waals surface area (Å²) in [5.41, 5.74) is 3.88. The minimum atomic E-state index is -4.27. The van der Waals surface area contributed by atoms with Crippen molar-refractivity contribution in [1.29, 1.82) is 0 Å². The number of hydrogen-bond acceptors (Lipinski definition) is 1. The molecule has 1 heterocycles. The number of benzene rings is 2. The zero-order chi connectivity index (χ0) is 14.9. The molecule has 0 radical (unpaired) electrons. The smallest absolute Gasteiger partial charge is 0.385 e. The predicted octanol–water partition coefficient (Wildman–Crippen LogP) is 4.65. The van der Waals surface area contributed by atoms with Crippen LogP contribution >= 0.6 is 0 Å². The van der Waals surface area contributed by atoms with Crippen LogP contribution in [0.3, 0.4) is 0 Å². The molecule has 0 bridgehead atoms. The molecule has 0 saturated heterocycles. The zero-order valence-corrected chi connectivity index (χ0v) is 11.5. The highest BCUT2D eigenvalue weighted by atomic mass is 19.4. The Balaban J connectivity index is 1.77. The van der Waals surface area contributed by atoms with E-state index in [1.807, 2.05) is 0 Å². The molecule has 0 unspecified atom stereocenters. The highest BCUT2D eigenvalue weighted by molar-refractivity contribution is 5.55. The Hall–Kier alpha value is -1.97. The fourth-order valence-electron chi connectivity index (χ4n) is 2.67. The van der Waals surface area contributed by atoms with Gasteiger partial charge in [-0.15, -0.1) is 0 Å². The van der Waals surface area contributed by atoms with Gasteiger partial charge in [-0.3, -0.25) is 0 Å². The van der Waals surface area contributed by atoms with E-state index >= 15 is 0 Å². The van der Waals surface area contributed by atoms with Crippen molar-refractivity contribution in [3.63, 3.8) is 0 Å². The monoisotopic (exact) mass is 291 g/mol. The van der Waals surface area contributed by atoms with Gasteiger partial charge in [0.1, 0.15) is 0 Å². The maximum atomic E-state index is 12.5. The molecule has 2 aromatic carbocycles. The van der Waals surface area contributed by atoms with Crippen LogP contribution in [-0.4, -0.2) is 6.54 Å². The zero-order valence-electron chi connectivity index (χ0n) is 11.5. The lowest BCUT2D eigenvalue weighted by Crippen LogP contribution is -2.11. The Kier molecular flexibility index (Phi) is 3.62. The second kappa shape index (κ2) is 5.43. The Morgan fingerprint density at radius 2 is 1.67 bits per heavy atom. The molecule has 0 atom stereocenters. The molecule has 21 heavy (non-hydrogen) atoms. The van der Waals surface area contributed by atoms with Crippen molar-refractivity contribution in [2.75, 3.05) is 11.9 Å². The van der Waals surface area contributed by atoms with E-state index in [0.29, 0.717) is 6.42 Å². The number of nitrogens with one attached hydrogen (secondary N) is 1. The number of rotatable bonds is 2. The van der Waals surface area contributed by atoms with Crippen LogP contribution in [0.1, 0.15) is 28.7 Å². The van der Waals surface area contributed by atoms with Crippen molar-refractivity contribution < 1.29 is 13.2 Å². The van der Waals surface area contributed by atoms with Crippen molar-refractivity contribution in [2.45, 2.75) is 25.4 Å². The van der Waals surface area contributed by atoms with Crippen molar-refractivity contribution in [3.05, 3.63) is 64.7 Å². The molecular weight excluding hydrogens is 275 g/mol. The fourth-order valence-corrected chi connectivity index (χ4v) is 2.67. The van der Waals surface area contributed by atoms with Crippen molar-refractivity contribution in [1.82, 2.24) is 0 Å². The van der Waals surface area contributed by atoms with Crippen LogP contribution in [0.15, 0.2) is 42.5 Å². The van der Waals surface area contributed by atoms with E-state index in [1.54, 1.807) is 12.1 Å². The largest absolute Gasteiger partial charge is 0.416 e. The van der Waals surface area contributed by atoms with E-state index in [4.69, 9.17) is 0 Å². The fraction of sp³-hybridized carbons (Fsp3) is 0.294. The van der Waals surface area contributed by atoms with Crippen molar-refractivity contribution in [2.24, 2.45) is 0 Å². The first-order valence-corrected chi connectivity index (χ1v) is 7.04. The maximum Gasteiger partial charge on any atom is 0.416 e. The third kappa shape index (κ3) is 3.20. The summed E-state index contributed by atoms with van der Waals surface area (Å²) >= 11 is 0. The minimum Gasteiger partial charge on any atom is -0.385 e. The van der Waals surface area contributed by atoms with Gasteiger partial charge in [0.05, 0.1) is 5.56 Å². The molecule has 0 aliphatic carbocycles. The Bertz CT molecular complexity index is 629. The van der Waals surface area contributed by atoms with E-state index < -0.39 is 11.7 Å². The van der Waals surface area contributed by atoms with Gasteiger partial charge in [-0.1, -0.05) is 24.3 Å². The second-order valence-corrected chi connectivity index (χ2v) is 5.39. The number of halogens is 3. The first-order valence-electron chi connectivity index (χ1n) is 7.04. The van der Waals surface area contributed by atoms with E-state index in [0.717, 1.165) is 48.3 Å². The SMILES string of the molecule is FC(F)(F)c1ccc(Cc2ccc3c(c2)NCCC3)cc1. The normalized spacial score (nSPS) is 14.4. The lowest BCUT2D eigenvalue weighted by molar-refractivity contribution is -0.137. The number of alkyl halides is 3. The molecule has 2 aromatic rings. The molecule has 1 aliphatic heterocycles. The summed E-state index contributed by atoms with van der Waals surface area (Å²) in [6, 6.07) is 11.7. The molecule has 3 rings (SSSR count). The molecule has 0 saturated carbocycles. The number of hydrogen-bond donors (Lipinski definition) is 1. The van der Waals surface area contributed by atoms with Crippen LogP contribution in [0.4, 0.5) is 18.9 Å². The van der Waals surface area contributed by atoms with Gasteiger partial charge in [-0.05, 0) is 54.2 Å². The predicted molar refractivity (Wildman–Crippen MR) is 77.5 cm³/mol. The maximum absolute atomic E-state index is 12.5. The van der Waals surface area contributed by atoms with Gasteiger partial charge in [0.25, 0.3) is 0 Å². The Labute approximate surface area is 121 Å². The topological polar surface area (TPSA) is 12.0 Å². The van der Waals surface area contributed by atoms with Gasteiger partial charge >= 0.3 is 6.18 Å². The summed E-state index contributed by atoms with van der Waals surface area (Å²) in [5.74, 6) is 0. The molecule has 1 nitrogen and oxygen atoms in total. The number of fused-ring (bicyclic) bond motifs is 1. The van der Waals surface area contributed by atoms with Gasteiger partial charge < -0.3 is 5.32 Å². The Morgan fingerprint density at radius 3 is 2.38 bits per heavy atom. The first kappa shape index (κ1) is 14.0. The Morgan fingerprint density at radius 1 is 0.952 bits per heavy atom. The lowest BCUT2D eigenvalue weighted by atomic mass is 9.97. The van der Waals surface area contributed by atoms with E-state index in [9.17, 15) is 13.2 Å². The van der Waals surface area contributed by atoms with Crippen LogP contribution in [-0.2, 0) is 19.0 Å². The quantitative estimate of drug-likeness (QED) is 0.849. The van der Waals surface area contributed by atoms with Crippen LogP contribution in [0.5, 0.6) is 0 Å². The van der Waals surface area contributed by atoms with Crippen LogP contribution in [0.25, 0.3) is 0 Å². The summed E-state index contributed by atoms with van der Waals surface area (Å²) in [7, 11) is 0. The van der Waals surface area contributed by atoms with Gasteiger partial charge in [0, 0.05) is 12.2 Å². The van der Waals surface area contributed by atoms with Crippen LogP contribution in [0.2, 0.25) is 0 Å². The van der Waals surface area contributed by atoms with Crippen molar-refractivity contribution >= 4 is 5.69 Å². The van der Waals surface area contributed by atoms with Gasteiger partial charge in [0.15, 0.2) is 0 Å². The molecular formula is C17H16F3N. The third-order valence-electron chi connectivity index (χ3n) is 3.80. The van der Waals surface area contributed by atoms with E-state index in [2.05, 4.69) is 23.5 Å². The molecule has 0 fully saturated rings. The molecule has 4 heteroatoms. The van der Waals surface area contributed by atoms with E-state index in [-0.39, 0.29) is 0 Å². The number of aryl methyl sites for hydroxylation is 1. The second-order valence-electron chi connectivity index (χ2n) is 5.39. The van der Waals surface area contributed by atoms with Gasteiger partial charge in [-0.2, -0.15) is 13.2 Å².